The Kier molecular flexibility index (Phi) is 5.72. The van der Waals surface area contributed by atoms with Gasteiger partial charge in [-0.1, -0.05) is 30.0 Å². The van der Waals surface area contributed by atoms with Crippen LogP contribution in [0.2, 0.25) is 0 Å². The Morgan fingerprint density at radius 2 is 2.12 bits per heavy atom. The van der Waals surface area contributed by atoms with Gasteiger partial charge in [-0.3, -0.25) is 4.79 Å². The van der Waals surface area contributed by atoms with E-state index >= 15 is 0 Å². The number of hydrogen-bond donors (Lipinski definition) is 1. The van der Waals surface area contributed by atoms with E-state index in [0.29, 0.717) is 5.16 Å². The molecule has 0 radical (unpaired) electrons. The van der Waals surface area contributed by atoms with Crippen molar-refractivity contribution in [2.45, 2.75) is 18.1 Å². The molecule has 0 aliphatic heterocycles. The van der Waals surface area contributed by atoms with Gasteiger partial charge >= 0.3 is 0 Å². The van der Waals surface area contributed by atoms with Crippen LogP contribution in [0.5, 0.6) is 0 Å². The van der Waals surface area contributed by atoms with E-state index in [-0.39, 0.29) is 23.5 Å². The van der Waals surface area contributed by atoms with Crippen LogP contribution in [0, 0.1) is 5.82 Å². The molecule has 0 fully saturated rings. The van der Waals surface area contributed by atoms with Crippen LogP contribution in [-0.4, -0.2) is 26.8 Å². The summed E-state index contributed by atoms with van der Waals surface area (Å²) in [6.45, 7) is 1.85. The van der Waals surface area contributed by atoms with Crippen LogP contribution >= 0.6 is 23.1 Å². The second-order valence-corrected chi connectivity index (χ2v) is 7.12. The summed E-state index contributed by atoms with van der Waals surface area (Å²) in [5.74, 6) is -0.263. The fourth-order valence-electron chi connectivity index (χ4n) is 2.14. The largest absolute Gasteiger partial charge is 0.349 e. The molecule has 1 aromatic carbocycles. The van der Waals surface area contributed by atoms with Crippen molar-refractivity contribution < 1.29 is 9.18 Å². The van der Waals surface area contributed by atoms with E-state index in [1.807, 2.05) is 24.4 Å². The lowest BCUT2D eigenvalue weighted by atomic mass is 10.1. The number of benzene rings is 1. The predicted molar refractivity (Wildman–Crippen MR) is 96.8 cm³/mol. The highest BCUT2D eigenvalue weighted by Gasteiger charge is 2.12. The smallest absolute Gasteiger partial charge is 0.230 e. The maximum atomic E-state index is 12.9. The summed E-state index contributed by atoms with van der Waals surface area (Å²) in [6.07, 6.45) is 1.60. The van der Waals surface area contributed by atoms with E-state index in [2.05, 4.69) is 20.5 Å². The van der Waals surface area contributed by atoms with Crippen molar-refractivity contribution in [1.29, 1.82) is 0 Å². The molecule has 0 aliphatic carbocycles. The fraction of sp³-hybridized carbons (Fsp3) is 0.176. The van der Waals surface area contributed by atoms with Gasteiger partial charge in [0.15, 0.2) is 0 Å². The summed E-state index contributed by atoms with van der Waals surface area (Å²) in [5.41, 5.74) is 1.59. The number of amides is 1. The lowest BCUT2D eigenvalue weighted by Gasteiger charge is -2.14. The van der Waals surface area contributed by atoms with Gasteiger partial charge < -0.3 is 5.32 Å². The van der Waals surface area contributed by atoms with Crippen molar-refractivity contribution >= 4 is 29.0 Å². The molecular weight excluding hydrogens is 359 g/mol. The van der Waals surface area contributed by atoms with Gasteiger partial charge in [-0.05, 0) is 36.1 Å². The van der Waals surface area contributed by atoms with Crippen LogP contribution in [0.3, 0.4) is 0 Å². The minimum atomic E-state index is -0.298. The molecule has 0 spiro atoms. The number of rotatable bonds is 6. The number of halogens is 1. The Bertz CT molecular complexity index is 840. The minimum absolute atomic E-state index is 0.146. The average molecular weight is 374 g/mol. The van der Waals surface area contributed by atoms with Gasteiger partial charge in [-0.25, -0.2) is 9.37 Å². The van der Waals surface area contributed by atoms with E-state index in [1.165, 1.54) is 23.9 Å². The van der Waals surface area contributed by atoms with Crippen LogP contribution in [0.15, 0.2) is 53.1 Å². The molecule has 3 rings (SSSR count). The molecule has 0 aliphatic rings. The first-order valence-corrected chi connectivity index (χ1v) is 9.39. The summed E-state index contributed by atoms with van der Waals surface area (Å²) in [5, 5.41) is 13.2. The SMILES string of the molecule is CC(NC(=O)CSc1nncc(-c2cccs2)n1)c1ccc(F)cc1. The molecule has 5 nitrogen and oxygen atoms in total. The molecule has 1 N–H and O–H groups in total. The van der Waals surface area contributed by atoms with Gasteiger partial charge in [0.05, 0.1) is 22.9 Å². The molecule has 1 amide bonds. The maximum absolute atomic E-state index is 12.9. The second kappa shape index (κ2) is 8.17. The zero-order chi connectivity index (χ0) is 17.6. The summed E-state index contributed by atoms with van der Waals surface area (Å²) in [4.78, 5) is 17.5. The Hall–Kier alpha value is -2.32. The zero-order valence-electron chi connectivity index (χ0n) is 13.3. The number of aromatic nitrogens is 3. The predicted octanol–water partition coefficient (Wildman–Crippen LogP) is 3.71. The molecule has 8 heteroatoms. The molecule has 1 atom stereocenters. The lowest BCUT2D eigenvalue weighted by Crippen LogP contribution is -2.28. The molecule has 25 heavy (non-hydrogen) atoms. The van der Waals surface area contributed by atoms with Gasteiger partial charge in [0.2, 0.25) is 11.1 Å². The van der Waals surface area contributed by atoms with E-state index in [9.17, 15) is 9.18 Å². The van der Waals surface area contributed by atoms with Gasteiger partial charge in [0.25, 0.3) is 0 Å². The number of nitrogens with zero attached hydrogens (tertiary/aromatic N) is 3. The molecule has 2 aromatic heterocycles. The number of thioether (sulfide) groups is 1. The van der Waals surface area contributed by atoms with Crippen LogP contribution in [0.25, 0.3) is 10.6 Å². The first-order valence-electron chi connectivity index (χ1n) is 7.53. The zero-order valence-corrected chi connectivity index (χ0v) is 15.0. The van der Waals surface area contributed by atoms with Crippen LogP contribution < -0.4 is 5.32 Å². The van der Waals surface area contributed by atoms with Gasteiger partial charge in [0.1, 0.15) is 11.5 Å². The van der Waals surface area contributed by atoms with Gasteiger partial charge in [-0.2, -0.15) is 5.10 Å². The summed E-state index contributed by atoms with van der Waals surface area (Å²) in [6, 6.07) is 9.77. The second-order valence-electron chi connectivity index (χ2n) is 5.23. The fourth-order valence-corrected chi connectivity index (χ4v) is 3.43. The van der Waals surface area contributed by atoms with Gasteiger partial charge in [0, 0.05) is 0 Å². The molecule has 1 unspecified atom stereocenters. The molecular formula is C17H15FN4OS2. The van der Waals surface area contributed by atoms with E-state index in [0.717, 1.165) is 16.1 Å². The highest BCUT2D eigenvalue weighted by Crippen LogP contribution is 2.23. The maximum Gasteiger partial charge on any atom is 0.230 e. The van der Waals surface area contributed by atoms with Crippen molar-refractivity contribution in [3.63, 3.8) is 0 Å². The Morgan fingerprint density at radius 3 is 2.84 bits per heavy atom. The first kappa shape index (κ1) is 17.5. The third kappa shape index (κ3) is 4.83. The van der Waals surface area contributed by atoms with Crippen molar-refractivity contribution in [2.75, 3.05) is 5.75 Å². The first-order chi connectivity index (χ1) is 12.1. The number of carbonyl (C=O) groups excluding carboxylic acids is 1. The molecule has 0 saturated heterocycles. The third-order valence-corrected chi connectivity index (χ3v) is 5.12. The highest BCUT2D eigenvalue weighted by molar-refractivity contribution is 7.99. The molecule has 0 bridgehead atoms. The number of carbonyl (C=O) groups is 1. The Morgan fingerprint density at radius 1 is 1.32 bits per heavy atom. The molecule has 2 heterocycles. The lowest BCUT2D eigenvalue weighted by molar-refractivity contribution is -0.119. The Balaban J connectivity index is 1.55. The van der Waals surface area contributed by atoms with Crippen LogP contribution in [-0.2, 0) is 4.79 Å². The number of nitrogens with one attached hydrogen (secondary N) is 1. The van der Waals surface area contributed by atoms with E-state index in [1.54, 1.807) is 29.7 Å². The monoisotopic (exact) mass is 374 g/mol. The third-order valence-electron chi connectivity index (χ3n) is 3.39. The molecule has 128 valence electrons. The van der Waals surface area contributed by atoms with Crippen LogP contribution in [0.4, 0.5) is 4.39 Å². The molecule has 0 saturated carbocycles. The van der Waals surface area contributed by atoms with Gasteiger partial charge in [-0.15, -0.1) is 16.4 Å². The highest BCUT2D eigenvalue weighted by atomic mass is 32.2. The summed E-state index contributed by atoms with van der Waals surface area (Å²) >= 11 is 2.80. The van der Waals surface area contributed by atoms with Crippen LogP contribution in [0.1, 0.15) is 18.5 Å². The standard InChI is InChI=1S/C17H15FN4OS2/c1-11(12-4-6-13(18)7-5-12)20-16(23)10-25-17-21-14(9-19-22-17)15-3-2-8-24-15/h2-9,11H,10H2,1H3,(H,20,23). The molecule has 3 aromatic rings. The van der Waals surface area contributed by atoms with Crippen molar-refractivity contribution in [1.82, 2.24) is 20.5 Å². The summed E-state index contributed by atoms with van der Waals surface area (Å²) < 4.78 is 12.9. The van der Waals surface area contributed by atoms with Crippen molar-refractivity contribution in [2.24, 2.45) is 0 Å². The van der Waals surface area contributed by atoms with Crippen molar-refractivity contribution in [3.05, 3.63) is 59.4 Å². The average Bonchev–Trinajstić information content (AvgIpc) is 3.15. The summed E-state index contributed by atoms with van der Waals surface area (Å²) in [7, 11) is 0. The topological polar surface area (TPSA) is 67.8 Å². The van der Waals surface area contributed by atoms with Crippen molar-refractivity contribution in [3.8, 4) is 10.6 Å². The van der Waals surface area contributed by atoms with E-state index in [4.69, 9.17) is 0 Å². The normalized spacial score (nSPS) is 11.9. The Labute approximate surface area is 152 Å². The number of hydrogen-bond acceptors (Lipinski definition) is 6. The van der Waals surface area contributed by atoms with E-state index < -0.39 is 0 Å². The minimum Gasteiger partial charge on any atom is -0.349 e. The number of thiophene rings is 1. The quantitative estimate of drug-likeness (QED) is 0.666.